The third-order valence-corrected chi connectivity index (χ3v) is 3.76. The molecule has 1 aliphatic rings. The number of hydrogen-bond donors (Lipinski definition) is 1. The molecule has 1 aromatic heterocycles. The number of benzene rings is 1. The van der Waals surface area contributed by atoms with Crippen molar-refractivity contribution in [2.45, 2.75) is 32.2 Å². The lowest BCUT2D eigenvalue weighted by Gasteiger charge is -2.33. The van der Waals surface area contributed by atoms with Crippen LogP contribution >= 0.6 is 0 Å². The van der Waals surface area contributed by atoms with Crippen LogP contribution in [0.25, 0.3) is 11.4 Å². The van der Waals surface area contributed by atoms with Gasteiger partial charge in [-0.1, -0.05) is 30.3 Å². The Kier molecular flexibility index (Phi) is 3.50. The second-order valence-electron chi connectivity index (χ2n) is 5.13. The number of aromatic amines is 1. The zero-order valence-corrected chi connectivity index (χ0v) is 11.5. The van der Waals surface area contributed by atoms with Gasteiger partial charge in [0.15, 0.2) is 5.82 Å². The smallest absolute Gasteiger partial charge is 0.220 e. The Morgan fingerprint density at radius 2 is 2.10 bits per heavy atom. The summed E-state index contributed by atoms with van der Waals surface area (Å²) in [5.41, 5.74) is 0.986. The molecule has 0 spiro atoms. The number of rotatable bonds is 2. The fraction of sp³-hybridized carbons (Fsp3) is 0.400. The Labute approximate surface area is 118 Å². The molecule has 20 heavy (non-hydrogen) atoms. The van der Waals surface area contributed by atoms with Crippen LogP contribution in [0.15, 0.2) is 30.3 Å². The van der Waals surface area contributed by atoms with Gasteiger partial charge in [-0.2, -0.15) is 5.10 Å². The first kappa shape index (κ1) is 12.8. The van der Waals surface area contributed by atoms with Gasteiger partial charge in [-0.3, -0.25) is 9.89 Å². The Morgan fingerprint density at radius 3 is 2.85 bits per heavy atom. The first-order valence-electron chi connectivity index (χ1n) is 7.00. The zero-order valence-electron chi connectivity index (χ0n) is 11.5. The van der Waals surface area contributed by atoms with Gasteiger partial charge in [-0.25, -0.2) is 4.98 Å². The number of carbonyl (C=O) groups is 1. The summed E-state index contributed by atoms with van der Waals surface area (Å²) in [7, 11) is 0. The average Bonchev–Trinajstić information content (AvgIpc) is 2.98. The average molecular weight is 270 g/mol. The lowest BCUT2D eigenvalue weighted by Crippen LogP contribution is -2.37. The lowest BCUT2D eigenvalue weighted by molar-refractivity contribution is -0.132. The number of amides is 1. The van der Waals surface area contributed by atoms with Crippen LogP contribution in [0.2, 0.25) is 0 Å². The van der Waals surface area contributed by atoms with Crippen molar-refractivity contribution in [3.63, 3.8) is 0 Å². The van der Waals surface area contributed by atoms with E-state index in [1.165, 1.54) is 0 Å². The molecular weight excluding hydrogens is 252 g/mol. The lowest BCUT2D eigenvalue weighted by atomic mass is 10.0. The number of nitrogens with one attached hydrogen (secondary N) is 1. The molecule has 1 N–H and O–H groups in total. The van der Waals surface area contributed by atoms with Crippen molar-refractivity contribution in [1.82, 2.24) is 20.1 Å². The van der Waals surface area contributed by atoms with E-state index in [1.807, 2.05) is 35.2 Å². The third-order valence-electron chi connectivity index (χ3n) is 3.76. The molecule has 0 aliphatic carbocycles. The van der Waals surface area contributed by atoms with Crippen LogP contribution in [-0.4, -0.2) is 32.5 Å². The molecule has 5 heteroatoms. The fourth-order valence-electron chi connectivity index (χ4n) is 2.73. The standard InChI is InChI=1S/C15H18N4O/c1-11(20)19-10-6-5-9-13(19)15-16-14(17-18-15)12-7-3-2-4-8-12/h2-4,7-8,13H,5-6,9-10H2,1H3,(H,16,17,18). The molecule has 0 radical (unpaired) electrons. The molecule has 5 nitrogen and oxygen atoms in total. The van der Waals surface area contributed by atoms with E-state index in [0.717, 1.165) is 37.2 Å². The molecule has 1 fully saturated rings. The van der Waals surface area contributed by atoms with Gasteiger partial charge in [-0.15, -0.1) is 0 Å². The topological polar surface area (TPSA) is 61.9 Å². The maximum Gasteiger partial charge on any atom is 0.220 e. The van der Waals surface area contributed by atoms with Crippen LogP contribution in [0.5, 0.6) is 0 Å². The van der Waals surface area contributed by atoms with Gasteiger partial charge in [0, 0.05) is 19.0 Å². The molecule has 0 saturated carbocycles. The Balaban J connectivity index is 1.87. The summed E-state index contributed by atoms with van der Waals surface area (Å²) in [5.74, 6) is 1.58. The van der Waals surface area contributed by atoms with Crippen molar-refractivity contribution in [3.05, 3.63) is 36.2 Å². The van der Waals surface area contributed by atoms with Crippen molar-refractivity contribution in [2.75, 3.05) is 6.54 Å². The summed E-state index contributed by atoms with van der Waals surface area (Å²) in [6.07, 6.45) is 3.13. The maximum atomic E-state index is 11.7. The van der Waals surface area contributed by atoms with Crippen LogP contribution in [0.3, 0.4) is 0 Å². The predicted octanol–water partition coefficient (Wildman–Crippen LogP) is 2.55. The van der Waals surface area contributed by atoms with Crippen LogP contribution < -0.4 is 0 Å². The predicted molar refractivity (Wildman–Crippen MR) is 75.8 cm³/mol. The summed E-state index contributed by atoms with van der Waals surface area (Å²) in [6.45, 7) is 2.42. The highest BCUT2D eigenvalue weighted by molar-refractivity contribution is 5.73. The Morgan fingerprint density at radius 1 is 1.30 bits per heavy atom. The van der Waals surface area contributed by atoms with Crippen molar-refractivity contribution in [2.24, 2.45) is 0 Å². The molecule has 1 atom stereocenters. The van der Waals surface area contributed by atoms with Gasteiger partial charge in [0.25, 0.3) is 0 Å². The number of hydrogen-bond acceptors (Lipinski definition) is 3. The monoisotopic (exact) mass is 270 g/mol. The molecule has 0 bridgehead atoms. The van der Waals surface area contributed by atoms with Gasteiger partial charge in [-0.05, 0) is 19.3 Å². The molecule has 3 rings (SSSR count). The summed E-state index contributed by atoms with van der Waals surface area (Å²) < 4.78 is 0. The van der Waals surface area contributed by atoms with Crippen molar-refractivity contribution in [3.8, 4) is 11.4 Å². The fourth-order valence-corrected chi connectivity index (χ4v) is 2.73. The SMILES string of the molecule is CC(=O)N1CCCCC1c1nc(-c2ccccc2)n[nH]1. The molecule has 2 heterocycles. The van der Waals surface area contributed by atoms with Crippen LogP contribution in [0.4, 0.5) is 0 Å². The van der Waals surface area contributed by atoms with Gasteiger partial charge >= 0.3 is 0 Å². The van der Waals surface area contributed by atoms with Crippen molar-refractivity contribution in [1.29, 1.82) is 0 Å². The van der Waals surface area contributed by atoms with E-state index < -0.39 is 0 Å². The first-order chi connectivity index (χ1) is 9.75. The number of likely N-dealkylation sites (tertiary alicyclic amines) is 1. The van der Waals surface area contributed by atoms with E-state index in [-0.39, 0.29) is 11.9 Å². The third kappa shape index (κ3) is 2.43. The quantitative estimate of drug-likeness (QED) is 0.912. The van der Waals surface area contributed by atoms with Crippen LogP contribution in [0, 0.1) is 0 Å². The molecule has 1 unspecified atom stereocenters. The molecule has 1 saturated heterocycles. The summed E-state index contributed by atoms with van der Waals surface area (Å²) >= 11 is 0. The second-order valence-corrected chi connectivity index (χ2v) is 5.13. The number of piperidine rings is 1. The van der Waals surface area contributed by atoms with E-state index in [4.69, 9.17) is 0 Å². The van der Waals surface area contributed by atoms with E-state index in [9.17, 15) is 4.79 Å². The highest BCUT2D eigenvalue weighted by atomic mass is 16.2. The number of nitrogens with zero attached hydrogens (tertiary/aromatic N) is 3. The minimum Gasteiger partial charge on any atom is -0.333 e. The van der Waals surface area contributed by atoms with Crippen LogP contribution in [-0.2, 0) is 4.79 Å². The highest BCUT2D eigenvalue weighted by Crippen LogP contribution is 2.29. The summed E-state index contributed by atoms with van der Waals surface area (Å²) in [5, 5.41) is 7.29. The van der Waals surface area contributed by atoms with E-state index in [1.54, 1.807) is 6.92 Å². The molecule has 1 aliphatic heterocycles. The summed E-state index contributed by atoms with van der Waals surface area (Å²) in [4.78, 5) is 18.2. The first-order valence-corrected chi connectivity index (χ1v) is 7.00. The number of H-pyrrole nitrogens is 1. The normalized spacial score (nSPS) is 19.1. The number of carbonyl (C=O) groups excluding carboxylic acids is 1. The molecular formula is C15H18N4O. The van der Waals surface area contributed by atoms with Crippen LogP contribution in [0.1, 0.15) is 38.1 Å². The highest BCUT2D eigenvalue weighted by Gasteiger charge is 2.28. The van der Waals surface area contributed by atoms with Crippen molar-refractivity contribution >= 4 is 5.91 Å². The maximum absolute atomic E-state index is 11.7. The largest absolute Gasteiger partial charge is 0.333 e. The Hall–Kier alpha value is -2.17. The van der Waals surface area contributed by atoms with E-state index in [0.29, 0.717) is 5.82 Å². The molecule has 1 aromatic carbocycles. The molecule has 1 amide bonds. The van der Waals surface area contributed by atoms with Gasteiger partial charge in [0.05, 0.1) is 6.04 Å². The van der Waals surface area contributed by atoms with Gasteiger partial charge < -0.3 is 4.90 Å². The Bertz CT molecular complexity index is 593. The van der Waals surface area contributed by atoms with E-state index in [2.05, 4.69) is 15.2 Å². The van der Waals surface area contributed by atoms with Crippen molar-refractivity contribution < 1.29 is 4.79 Å². The minimum absolute atomic E-state index is 0.0335. The number of aromatic nitrogens is 3. The minimum atomic E-state index is 0.0335. The van der Waals surface area contributed by atoms with E-state index >= 15 is 0 Å². The molecule has 104 valence electrons. The van der Waals surface area contributed by atoms with Gasteiger partial charge in [0.1, 0.15) is 5.82 Å². The van der Waals surface area contributed by atoms with Gasteiger partial charge in [0.2, 0.25) is 5.91 Å². The zero-order chi connectivity index (χ0) is 13.9. The molecule has 2 aromatic rings. The summed E-state index contributed by atoms with van der Waals surface area (Å²) in [6, 6.07) is 9.90. The second kappa shape index (κ2) is 5.45.